The fraction of sp³-hybridized carbons (Fsp3) is 0.333. The maximum absolute atomic E-state index is 12.0. The van der Waals surface area contributed by atoms with Gasteiger partial charge in [0.25, 0.3) is 5.91 Å². The molecule has 0 saturated heterocycles. The van der Waals surface area contributed by atoms with Crippen LogP contribution in [0.25, 0.3) is 0 Å². The van der Waals surface area contributed by atoms with Crippen molar-refractivity contribution in [1.82, 2.24) is 5.32 Å². The van der Waals surface area contributed by atoms with Crippen LogP contribution >= 0.6 is 0 Å². The Hall–Kier alpha value is -2.76. The molecule has 0 saturated carbocycles. The van der Waals surface area contributed by atoms with E-state index in [1.165, 1.54) is 0 Å². The van der Waals surface area contributed by atoms with Gasteiger partial charge in [-0.15, -0.1) is 0 Å². The monoisotopic (exact) mass is 328 g/mol. The average Bonchev–Trinajstić information content (AvgIpc) is 3.12. The second-order valence-corrected chi connectivity index (χ2v) is 5.58. The Morgan fingerprint density at radius 2 is 2.08 bits per heavy atom. The molecule has 0 unspecified atom stereocenters. The van der Waals surface area contributed by atoms with Crippen molar-refractivity contribution >= 4 is 17.5 Å². The van der Waals surface area contributed by atoms with Gasteiger partial charge in [-0.05, 0) is 30.7 Å². The SMILES string of the molecule is O=C(CCc1ccco1)NCCCN1C(=O)COc2ccccc21. The van der Waals surface area contributed by atoms with Crippen LogP contribution in [-0.4, -0.2) is 31.5 Å². The molecule has 1 aromatic carbocycles. The van der Waals surface area contributed by atoms with E-state index in [0.29, 0.717) is 32.4 Å². The summed E-state index contributed by atoms with van der Waals surface area (Å²) in [5.41, 5.74) is 0.790. The summed E-state index contributed by atoms with van der Waals surface area (Å²) in [6.45, 7) is 1.15. The van der Waals surface area contributed by atoms with Gasteiger partial charge in [0.1, 0.15) is 11.5 Å². The number of aryl methyl sites for hydroxylation is 1. The highest BCUT2D eigenvalue weighted by Crippen LogP contribution is 2.31. The van der Waals surface area contributed by atoms with Crippen LogP contribution in [0.5, 0.6) is 5.75 Å². The van der Waals surface area contributed by atoms with Crippen molar-refractivity contribution in [3.8, 4) is 5.75 Å². The van der Waals surface area contributed by atoms with E-state index in [2.05, 4.69) is 5.32 Å². The van der Waals surface area contributed by atoms with Crippen LogP contribution in [0.2, 0.25) is 0 Å². The fourth-order valence-electron chi connectivity index (χ4n) is 2.64. The molecule has 2 amide bonds. The van der Waals surface area contributed by atoms with Gasteiger partial charge in [0, 0.05) is 25.9 Å². The number of nitrogens with one attached hydrogen (secondary N) is 1. The van der Waals surface area contributed by atoms with Crippen molar-refractivity contribution in [1.29, 1.82) is 0 Å². The van der Waals surface area contributed by atoms with Crippen LogP contribution in [0.1, 0.15) is 18.6 Å². The van der Waals surface area contributed by atoms with Crippen LogP contribution in [0.3, 0.4) is 0 Å². The second-order valence-electron chi connectivity index (χ2n) is 5.58. The summed E-state index contributed by atoms with van der Waals surface area (Å²) >= 11 is 0. The highest BCUT2D eigenvalue weighted by molar-refractivity contribution is 5.97. The number of nitrogens with zero attached hydrogens (tertiary/aromatic N) is 1. The van der Waals surface area contributed by atoms with E-state index in [-0.39, 0.29) is 18.4 Å². The Balaban J connectivity index is 1.41. The first-order valence-corrected chi connectivity index (χ1v) is 8.05. The quantitative estimate of drug-likeness (QED) is 0.791. The van der Waals surface area contributed by atoms with Crippen molar-refractivity contribution in [3.05, 3.63) is 48.4 Å². The molecule has 24 heavy (non-hydrogen) atoms. The van der Waals surface area contributed by atoms with Gasteiger partial charge in [-0.2, -0.15) is 0 Å². The minimum Gasteiger partial charge on any atom is -0.482 e. The number of carbonyl (C=O) groups excluding carboxylic acids is 2. The van der Waals surface area contributed by atoms with E-state index in [9.17, 15) is 9.59 Å². The maximum atomic E-state index is 12.0. The number of benzene rings is 1. The van der Waals surface area contributed by atoms with Gasteiger partial charge in [0.2, 0.25) is 5.91 Å². The molecule has 1 aromatic heterocycles. The Morgan fingerprint density at radius 3 is 2.92 bits per heavy atom. The average molecular weight is 328 g/mol. The van der Waals surface area contributed by atoms with Gasteiger partial charge in [-0.3, -0.25) is 9.59 Å². The molecule has 0 bridgehead atoms. The lowest BCUT2D eigenvalue weighted by Crippen LogP contribution is -2.40. The fourth-order valence-corrected chi connectivity index (χ4v) is 2.64. The lowest BCUT2D eigenvalue weighted by molar-refractivity contribution is -0.121. The first-order valence-electron chi connectivity index (χ1n) is 8.05. The molecule has 1 aliphatic heterocycles. The molecule has 1 N–H and O–H groups in total. The number of anilines is 1. The topological polar surface area (TPSA) is 71.8 Å². The third kappa shape index (κ3) is 3.95. The molecule has 3 rings (SSSR count). The molecule has 1 aliphatic rings. The Morgan fingerprint density at radius 1 is 1.21 bits per heavy atom. The van der Waals surface area contributed by atoms with Crippen molar-refractivity contribution in [2.75, 3.05) is 24.6 Å². The summed E-state index contributed by atoms with van der Waals surface area (Å²) in [5, 5.41) is 2.87. The number of hydrogen-bond donors (Lipinski definition) is 1. The number of furan rings is 1. The zero-order chi connectivity index (χ0) is 16.8. The lowest BCUT2D eigenvalue weighted by atomic mass is 10.2. The van der Waals surface area contributed by atoms with E-state index < -0.39 is 0 Å². The van der Waals surface area contributed by atoms with Crippen molar-refractivity contribution in [2.24, 2.45) is 0 Å². The molecule has 2 heterocycles. The smallest absolute Gasteiger partial charge is 0.265 e. The van der Waals surface area contributed by atoms with E-state index in [4.69, 9.17) is 9.15 Å². The molecule has 6 heteroatoms. The first-order chi connectivity index (χ1) is 11.7. The van der Waals surface area contributed by atoms with E-state index in [1.807, 2.05) is 36.4 Å². The zero-order valence-electron chi connectivity index (χ0n) is 13.4. The zero-order valence-corrected chi connectivity index (χ0v) is 13.4. The molecule has 0 fully saturated rings. The second kappa shape index (κ2) is 7.68. The summed E-state index contributed by atoms with van der Waals surface area (Å²) < 4.78 is 10.6. The predicted octanol–water partition coefficient (Wildman–Crippen LogP) is 2.14. The Kier molecular flexibility index (Phi) is 5.15. The number of para-hydroxylation sites is 2. The largest absolute Gasteiger partial charge is 0.482 e. The number of ether oxygens (including phenoxy) is 1. The van der Waals surface area contributed by atoms with Crippen LogP contribution in [0, 0.1) is 0 Å². The van der Waals surface area contributed by atoms with Gasteiger partial charge >= 0.3 is 0 Å². The summed E-state index contributed by atoms with van der Waals surface area (Å²) in [6.07, 6.45) is 3.28. The van der Waals surface area contributed by atoms with E-state index >= 15 is 0 Å². The van der Waals surface area contributed by atoms with Crippen LogP contribution in [0.4, 0.5) is 5.69 Å². The summed E-state index contributed by atoms with van der Waals surface area (Å²) in [5.74, 6) is 1.46. The number of rotatable bonds is 7. The first kappa shape index (κ1) is 16.1. The van der Waals surface area contributed by atoms with Gasteiger partial charge in [0.05, 0.1) is 12.0 Å². The van der Waals surface area contributed by atoms with Crippen molar-refractivity contribution in [3.63, 3.8) is 0 Å². The van der Waals surface area contributed by atoms with E-state index in [1.54, 1.807) is 11.2 Å². The standard InChI is InChI=1S/C18H20N2O4/c21-17(9-8-14-5-3-12-23-14)19-10-4-11-20-15-6-1-2-7-16(15)24-13-18(20)22/h1-3,5-7,12H,4,8-11,13H2,(H,19,21). The molecule has 0 atom stereocenters. The molecule has 0 aliphatic carbocycles. The van der Waals surface area contributed by atoms with Crippen LogP contribution in [-0.2, 0) is 16.0 Å². The molecule has 126 valence electrons. The Labute approximate surface area is 140 Å². The summed E-state index contributed by atoms with van der Waals surface area (Å²) in [6, 6.07) is 11.1. The predicted molar refractivity (Wildman–Crippen MR) is 88.9 cm³/mol. The molecular formula is C18H20N2O4. The third-order valence-electron chi connectivity index (χ3n) is 3.87. The number of hydrogen-bond acceptors (Lipinski definition) is 4. The molecular weight excluding hydrogens is 308 g/mol. The number of fused-ring (bicyclic) bond motifs is 1. The number of amides is 2. The molecule has 0 spiro atoms. The maximum Gasteiger partial charge on any atom is 0.265 e. The summed E-state index contributed by atoms with van der Waals surface area (Å²) in [4.78, 5) is 25.5. The molecule has 6 nitrogen and oxygen atoms in total. The normalized spacial score (nSPS) is 13.3. The molecule has 0 radical (unpaired) electrons. The van der Waals surface area contributed by atoms with Crippen molar-refractivity contribution < 1.29 is 18.7 Å². The minimum absolute atomic E-state index is 0.0138. The number of carbonyl (C=O) groups is 2. The molecule has 2 aromatic rings. The highest BCUT2D eigenvalue weighted by atomic mass is 16.5. The highest BCUT2D eigenvalue weighted by Gasteiger charge is 2.24. The van der Waals surface area contributed by atoms with Gasteiger partial charge in [-0.1, -0.05) is 12.1 Å². The van der Waals surface area contributed by atoms with Gasteiger partial charge < -0.3 is 19.4 Å². The van der Waals surface area contributed by atoms with E-state index in [0.717, 1.165) is 17.2 Å². The van der Waals surface area contributed by atoms with Gasteiger partial charge in [0.15, 0.2) is 6.61 Å². The summed E-state index contributed by atoms with van der Waals surface area (Å²) in [7, 11) is 0. The minimum atomic E-state index is -0.0576. The van der Waals surface area contributed by atoms with Crippen LogP contribution in [0.15, 0.2) is 47.1 Å². The Bertz CT molecular complexity index is 697. The van der Waals surface area contributed by atoms with Gasteiger partial charge in [-0.25, -0.2) is 0 Å². The third-order valence-corrected chi connectivity index (χ3v) is 3.87. The van der Waals surface area contributed by atoms with Crippen LogP contribution < -0.4 is 15.0 Å². The lowest BCUT2D eigenvalue weighted by Gasteiger charge is -2.29. The van der Waals surface area contributed by atoms with Crippen molar-refractivity contribution in [2.45, 2.75) is 19.3 Å².